The highest BCUT2D eigenvalue weighted by Crippen LogP contribution is 2.31. The number of nitrogens with zero attached hydrogens (tertiary/aromatic N) is 4. The fraction of sp³-hybridized carbons (Fsp3) is 0.231. The van der Waals surface area contributed by atoms with E-state index in [4.69, 9.17) is 0 Å². The number of hydrogen-bond acceptors (Lipinski definition) is 4. The Balaban J connectivity index is 0.000000177. The Morgan fingerprint density at radius 2 is 0.655 bits per heavy atom. The molecule has 0 saturated carbocycles. The van der Waals surface area contributed by atoms with Crippen LogP contribution in [0.4, 0.5) is 8.78 Å². The maximum Gasteiger partial charge on any atom is 0.123 e. The van der Waals surface area contributed by atoms with Gasteiger partial charge in [0.15, 0.2) is 0 Å². The van der Waals surface area contributed by atoms with Crippen LogP contribution in [0.5, 0.6) is 0 Å². The SMILES string of the molecule is C(=C\c1ccccc1)/CN1CCN(C(c2ccccc2)c2ccccc2)CC1.Fc1ccc(C(c2ccc(F)cc2)N2CCN(C/C=C/c3ccccc3)CC2)cc1. The lowest BCUT2D eigenvalue weighted by Crippen LogP contribution is -2.47. The van der Waals surface area contributed by atoms with Gasteiger partial charge in [0.25, 0.3) is 0 Å². The van der Waals surface area contributed by atoms with E-state index in [1.165, 1.54) is 46.5 Å². The summed E-state index contributed by atoms with van der Waals surface area (Å²) >= 11 is 0. The summed E-state index contributed by atoms with van der Waals surface area (Å²) in [7, 11) is 0. The van der Waals surface area contributed by atoms with Crippen LogP contribution in [0, 0.1) is 11.6 Å². The van der Waals surface area contributed by atoms with Gasteiger partial charge >= 0.3 is 0 Å². The molecule has 296 valence electrons. The molecule has 0 atom stereocenters. The quantitative estimate of drug-likeness (QED) is 0.123. The Bertz CT molecular complexity index is 2020. The predicted molar refractivity (Wildman–Crippen MR) is 236 cm³/mol. The molecule has 58 heavy (non-hydrogen) atoms. The number of hydrogen-bond donors (Lipinski definition) is 0. The largest absolute Gasteiger partial charge is 0.297 e. The fourth-order valence-corrected chi connectivity index (χ4v) is 8.00. The van der Waals surface area contributed by atoms with Gasteiger partial charge in [0.1, 0.15) is 11.6 Å². The van der Waals surface area contributed by atoms with Crippen molar-refractivity contribution < 1.29 is 8.78 Å². The second-order valence-corrected chi connectivity index (χ2v) is 15.0. The van der Waals surface area contributed by atoms with Crippen LogP contribution in [0.2, 0.25) is 0 Å². The van der Waals surface area contributed by atoms with Gasteiger partial charge < -0.3 is 0 Å². The number of rotatable bonds is 12. The highest BCUT2D eigenvalue weighted by Gasteiger charge is 2.27. The number of benzene rings is 6. The van der Waals surface area contributed by atoms with Gasteiger partial charge in [-0.1, -0.05) is 170 Å². The third kappa shape index (κ3) is 11.8. The first kappa shape index (κ1) is 40.7. The van der Waals surface area contributed by atoms with Crippen molar-refractivity contribution >= 4 is 12.2 Å². The molecule has 2 aliphatic heterocycles. The zero-order valence-corrected chi connectivity index (χ0v) is 33.2. The van der Waals surface area contributed by atoms with E-state index in [9.17, 15) is 8.78 Å². The molecule has 8 rings (SSSR count). The van der Waals surface area contributed by atoms with Crippen molar-refractivity contribution in [3.63, 3.8) is 0 Å². The van der Waals surface area contributed by atoms with Crippen molar-refractivity contribution in [2.24, 2.45) is 0 Å². The summed E-state index contributed by atoms with van der Waals surface area (Å²) in [5, 5.41) is 0. The van der Waals surface area contributed by atoms with E-state index in [0.29, 0.717) is 6.04 Å². The predicted octanol–water partition coefficient (Wildman–Crippen LogP) is 10.5. The summed E-state index contributed by atoms with van der Waals surface area (Å²) in [6, 6.07) is 56.3. The lowest BCUT2D eigenvalue weighted by molar-refractivity contribution is 0.118. The molecule has 0 bridgehead atoms. The van der Waals surface area contributed by atoms with Gasteiger partial charge in [-0.25, -0.2) is 8.78 Å². The van der Waals surface area contributed by atoms with E-state index in [1.54, 1.807) is 0 Å². The minimum absolute atomic E-state index is 0.00629. The van der Waals surface area contributed by atoms with Crippen molar-refractivity contribution in [2.75, 3.05) is 65.4 Å². The van der Waals surface area contributed by atoms with Crippen LogP contribution in [0.25, 0.3) is 12.2 Å². The van der Waals surface area contributed by atoms with Gasteiger partial charge in [-0.2, -0.15) is 0 Å². The molecule has 0 aromatic heterocycles. The van der Waals surface area contributed by atoms with Crippen LogP contribution in [-0.2, 0) is 0 Å². The molecule has 4 nitrogen and oxygen atoms in total. The maximum atomic E-state index is 13.5. The van der Waals surface area contributed by atoms with Crippen molar-refractivity contribution in [2.45, 2.75) is 12.1 Å². The second kappa shape index (κ2) is 21.3. The van der Waals surface area contributed by atoms with E-state index in [0.717, 1.165) is 76.6 Å². The molecule has 0 unspecified atom stereocenters. The molecule has 0 aliphatic carbocycles. The Morgan fingerprint density at radius 1 is 0.362 bits per heavy atom. The van der Waals surface area contributed by atoms with Crippen molar-refractivity contribution in [3.8, 4) is 0 Å². The third-order valence-corrected chi connectivity index (χ3v) is 11.1. The van der Waals surface area contributed by atoms with Crippen molar-refractivity contribution in [1.82, 2.24) is 19.6 Å². The van der Waals surface area contributed by atoms with E-state index >= 15 is 0 Å². The van der Waals surface area contributed by atoms with Gasteiger partial charge in [0.05, 0.1) is 12.1 Å². The highest BCUT2D eigenvalue weighted by atomic mass is 19.1. The Morgan fingerprint density at radius 3 is 0.983 bits per heavy atom. The summed E-state index contributed by atoms with van der Waals surface area (Å²) in [5.74, 6) is -0.488. The molecule has 6 heteroatoms. The maximum absolute atomic E-state index is 13.5. The van der Waals surface area contributed by atoms with E-state index in [2.05, 4.69) is 147 Å². The summed E-state index contributed by atoms with van der Waals surface area (Å²) in [4.78, 5) is 10.0. The van der Waals surface area contributed by atoms with Crippen LogP contribution in [0.3, 0.4) is 0 Å². The minimum Gasteiger partial charge on any atom is -0.297 e. The molecular weight excluding hydrogens is 719 g/mol. The summed E-state index contributed by atoms with van der Waals surface area (Å²) in [6.45, 7) is 10.0. The lowest BCUT2D eigenvalue weighted by atomic mass is 9.96. The first-order chi connectivity index (χ1) is 28.6. The normalized spacial score (nSPS) is 15.9. The van der Waals surface area contributed by atoms with Crippen LogP contribution in [0.15, 0.2) is 182 Å². The van der Waals surface area contributed by atoms with Gasteiger partial charge in [0, 0.05) is 65.4 Å². The monoisotopic (exact) mass is 772 g/mol. The minimum atomic E-state index is -0.244. The molecule has 2 aliphatic rings. The first-order valence-electron chi connectivity index (χ1n) is 20.6. The zero-order chi connectivity index (χ0) is 39.8. The first-order valence-corrected chi connectivity index (χ1v) is 20.6. The van der Waals surface area contributed by atoms with E-state index in [-0.39, 0.29) is 17.7 Å². The standard InChI is InChI=1S/C26H26F2N2.C26H28N2/c27-24-12-8-22(9-13-24)26(23-10-14-25(28)15-11-23)30-19-17-29(18-20-30)16-4-7-21-5-2-1-3-6-21;1-4-11-23(12-5-1)13-10-18-27-19-21-28(22-20-27)26(24-14-6-2-7-15-24)25-16-8-3-9-17-25/h1-15,26H,16-20H2;1-17,26H,18-22H2/b7-4+;13-10+. The highest BCUT2D eigenvalue weighted by molar-refractivity contribution is 5.49. The van der Waals surface area contributed by atoms with Crippen LogP contribution in [0.1, 0.15) is 45.5 Å². The third-order valence-electron chi connectivity index (χ3n) is 11.1. The average molecular weight is 773 g/mol. The topological polar surface area (TPSA) is 13.0 Å². The molecule has 0 amide bonds. The van der Waals surface area contributed by atoms with Crippen molar-refractivity contribution in [3.05, 3.63) is 227 Å². The zero-order valence-electron chi connectivity index (χ0n) is 33.2. The molecule has 6 aromatic carbocycles. The number of piperazine rings is 2. The Kier molecular flexibility index (Phi) is 15.0. The molecule has 2 heterocycles. The van der Waals surface area contributed by atoms with E-state index < -0.39 is 0 Å². The Hall–Kier alpha value is -5.50. The van der Waals surface area contributed by atoms with E-state index in [1.807, 2.05) is 42.5 Å². The second-order valence-electron chi connectivity index (χ2n) is 15.0. The summed E-state index contributed by atoms with van der Waals surface area (Å²) < 4.78 is 26.9. The van der Waals surface area contributed by atoms with Crippen LogP contribution >= 0.6 is 0 Å². The van der Waals surface area contributed by atoms with Gasteiger partial charge in [-0.15, -0.1) is 0 Å². The molecular formula is C52H54F2N4. The fourth-order valence-electron chi connectivity index (χ4n) is 8.00. The Labute approximate surface area is 344 Å². The summed E-state index contributed by atoms with van der Waals surface area (Å²) in [6.07, 6.45) is 8.88. The number of halogens is 2. The molecule has 0 N–H and O–H groups in total. The molecule has 0 radical (unpaired) electrons. The molecule has 6 aromatic rings. The summed E-state index contributed by atoms with van der Waals surface area (Å²) in [5.41, 5.74) is 7.30. The van der Waals surface area contributed by atoms with Crippen LogP contribution in [-0.4, -0.2) is 85.0 Å². The lowest BCUT2D eigenvalue weighted by Gasteiger charge is -2.39. The van der Waals surface area contributed by atoms with Gasteiger partial charge in [-0.05, 0) is 57.6 Å². The molecule has 2 saturated heterocycles. The van der Waals surface area contributed by atoms with Crippen LogP contribution < -0.4 is 0 Å². The molecule has 0 spiro atoms. The van der Waals surface area contributed by atoms with Crippen molar-refractivity contribution in [1.29, 1.82) is 0 Å². The van der Waals surface area contributed by atoms with Gasteiger partial charge in [-0.3, -0.25) is 19.6 Å². The van der Waals surface area contributed by atoms with Gasteiger partial charge in [0.2, 0.25) is 0 Å². The average Bonchev–Trinajstić information content (AvgIpc) is 3.28. The molecule has 2 fully saturated rings. The smallest absolute Gasteiger partial charge is 0.123 e.